The number of ether oxygens (including phenoxy) is 2. The minimum atomic E-state index is 0.232. The molecule has 2 atom stereocenters. The summed E-state index contributed by atoms with van der Waals surface area (Å²) in [6.45, 7) is 2.91. The van der Waals surface area contributed by atoms with Crippen molar-refractivity contribution in [3.05, 3.63) is 48.2 Å². The number of hydrogen-bond acceptors (Lipinski definition) is 4. The molecule has 0 spiro atoms. The Balaban J connectivity index is 1.85. The molecule has 0 amide bonds. The summed E-state index contributed by atoms with van der Waals surface area (Å²) in [5, 5.41) is 3.54. The van der Waals surface area contributed by atoms with E-state index in [1.807, 2.05) is 30.3 Å². The molecule has 0 radical (unpaired) electrons. The summed E-state index contributed by atoms with van der Waals surface area (Å²) in [5.41, 5.74) is 2.18. The average molecular weight is 270 g/mol. The third kappa shape index (κ3) is 2.41. The molecule has 0 saturated heterocycles. The van der Waals surface area contributed by atoms with Crippen molar-refractivity contribution < 1.29 is 9.47 Å². The van der Waals surface area contributed by atoms with Gasteiger partial charge in [-0.2, -0.15) is 0 Å². The molecule has 4 nitrogen and oxygen atoms in total. The van der Waals surface area contributed by atoms with Crippen molar-refractivity contribution in [1.82, 2.24) is 4.98 Å². The topological polar surface area (TPSA) is 43.4 Å². The molecule has 2 heterocycles. The quantitative estimate of drug-likeness (QED) is 0.929. The number of nitrogens with one attached hydrogen (secondary N) is 1. The van der Waals surface area contributed by atoms with Gasteiger partial charge in [0.25, 0.3) is 0 Å². The number of hydrogen-bond donors (Lipinski definition) is 1. The number of methoxy groups -OCH3 is 1. The third-order valence-electron chi connectivity index (χ3n) is 3.59. The minimum absolute atomic E-state index is 0.232. The summed E-state index contributed by atoms with van der Waals surface area (Å²) in [6, 6.07) is 12.2. The number of nitrogens with zero attached hydrogens (tertiary/aromatic N) is 1. The van der Waals surface area contributed by atoms with Gasteiger partial charge in [-0.25, -0.2) is 4.98 Å². The molecule has 2 aromatic rings. The van der Waals surface area contributed by atoms with Crippen LogP contribution in [0.25, 0.3) is 0 Å². The molecular weight excluding hydrogens is 252 g/mol. The van der Waals surface area contributed by atoms with E-state index in [1.54, 1.807) is 13.3 Å². The maximum absolute atomic E-state index is 5.76. The smallest absolute Gasteiger partial charge is 0.213 e. The molecule has 3 rings (SSSR count). The van der Waals surface area contributed by atoms with Crippen molar-refractivity contribution >= 4 is 5.69 Å². The van der Waals surface area contributed by atoms with E-state index in [1.165, 1.54) is 5.56 Å². The summed E-state index contributed by atoms with van der Waals surface area (Å²) >= 11 is 0. The molecule has 1 aromatic carbocycles. The number of benzene rings is 1. The first-order valence-corrected chi connectivity index (χ1v) is 6.76. The lowest BCUT2D eigenvalue weighted by Gasteiger charge is -2.32. The number of pyridine rings is 1. The van der Waals surface area contributed by atoms with Crippen molar-refractivity contribution in [2.24, 2.45) is 5.92 Å². The molecule has 0 aliphatic carbocycles. The van der Waals surface area contributed by atoms with E-state index in [9.17, 15) is 0 Å². The second-order valence-electron chi connectivity index (χ2n) is 5.04. The van der Waals surface area contributed by atoms with E-state index in [0.29, 0.717) is 11.8 Å². The zero-order valence-electron chi connectivity index (χ0n) is 11.7. The molecule has 0 fully saturated rings. The van der Waals surface area contributed by atoms with Crippen LogP contribution >= 0.6 is 0 Å². The molecule has 4 heteroatoms. The lowest BCUT2D eigenvalue weighted by Crippen LogP contribution is -2.28. The molecule has 0 saturated carbocycles. The van der Waals surface area contributed by atoms with Gasteiger partial charge >= 0.3 is 0 Å². The molecule has 1 N–H and O–H groups in total. The number of aromatic nitrogens is 1. The second-order valence-corrected chi connectivity index (χ2v) is 5.04. The maximum atomic E-state index is 5.76. The fraction of sp³-hybridized carbons (Fsp3) is 0.312. The molecule has 2 unspecified atom stereocenters. The van der Waals surface area contributed by atoms with Gasteiger partial charge in [0, 0.05) is 17.5 Å². The van der Waals surface area contributed by atoms with E-state index in [4.69, 9.17) is 9.47 Å². The SMILES string of the molecule is COc1ccc(NC2c3ccccc3OCC2C)cn1. The fourth-order valence-electron chi connectivity index (χ4n) is 2.48. The lowest BCUT2D eigenvalue weighted by molar-refractivity contribution is 0.214. The van der Waals surface area contributed by atoms with Crippen LogP contribution in [0.15, 0.2) is 42.6 Å². The summed E-state index contributed by atoms with van der Waals surface area (Å²) in [6.07, 6.45) is 1.80. The fourth-order valence-corrected chi connectivity index (χ4v) is 2.48. The van der Waals surface area contributed by atoms with Crippen LogP contribution in [0.4, 0.5) is 5.69 Å². The first kappa shape index (κ1) is 12.8. The van der Waals surface area contributed by atoms with Gasteiger partial charge in [0.2, 0.25) is 5.88 Å². The normalized spacial score (nSPS) is 20.7. The molecule has 20 heavy (non-hydrogen) atoms. The van der Waals surface area contributed by atoms with E-state index >= 15 is 0 Å². The van der Waals surface area contributed by atoms with E-state index in [0.717, 1.165) is 18.0 Å². The second kappa shape index (κ2) is 5.41. The predicted molar refractivity (Wildman–Crippen MR) is 78.3 cm³/mol. The number of para-hydroxylation sites is 1. The largest absolute Gasteiger partial charge is 0.493 e. The Bertz CT molecular complexity index is 583. The summed E-state index contributed by atoms with van der Waals surface area (Å²) in [4.78, 5) is 4.23. The molecule has 1 aliphatic heterocycles. The van der Waals surface area contributed by atoms with Crippen molar-refractivity contribution in [2.45, 2.75) is 13.0 Å². The molecule has 0 bridgehead atoms. The molecule has 1 aliphatic rings. The lowest BCUT2D eigenvalue weighted by atomic mass is 9.92. The Morgan fingerprint density at radius 1 is 1.25 bits per heavy atom. The maximum Gasteiger partial charge on any atom is 0.213 e. The van der Waals surface area contributed by atoms with Crippen molar-refractivity contribution in [3.8, 4) is 11.6 Å². The van der Waals surface area contributed by atoms with Crippen LogP contribution < -0.4 is 14.8 Å². The van der Waals surface area contributed by atoms with Gasteiger partial charge < -0.3 is 14.8 Å². The predicted octanol–water partition coefficient (Wildman–Crippen LogP) is 3.27. The summed E-state index contributed by atoms with van der Waals surface area (Å²) in [5.74, 6) is 1.98. The molecular formula is C16H18N2O2. The Morgan fingerprint density at radius 3 is 2.85 bits per heavy atom. The highest BCUT2D eigenvalue weighted by Gasteiger charge is 2.27. The highest BCUT2D eigenvalue weighted by molar-refractivity contribution is 5.48. The van der Waals surface area contributed by atoms with Crippen molar-refractivity contribution in [3.63, 3.8) is 0 Å². The first-order valence-electron chi connectivity index (χ1n) is 6.76. The average Bonchev–Trinajstić information content (AvgIpc) is 2.51. The zero-order valence-corrected chi connectivity index (χ0v) is 11.7. The van der Waals surface area contributed by atoms with Gasteiger partial charge in [0.1, 0.15) is 5.75 Å². The summed E-state index contributed by atoms with van der Waals surface area (Å²) in [7, 11) is 1.62. The standard InChI is InChI=1S/C16H18N2O2/c1-11-10-20-14-6-4-3-5-13(14)16(11)18-12-7-8-15(19-2)17-9-12/h3-9,11,16,18H,10H2,1-2H3. The van der Waals surface area contributed by atoms with Gasteiger partial charge in [-0.1, -0.05) is 25.1 Å². The highest BCUT2D eigenvalue weighted by atomic mass is 16.5. The van der Waals surface area contributed by atoms with Gasteiger partial charge in [-0.3, -0.25) is 0 Å². The summed E-state index contributed by atoms with van der Waals surface area (Å²) < 4.78 is 10.8. The van der Waals surface area contributed by atoms with Crippen LogP contribution in [-0.2, 0) is 0 Å². The number of rotatable bonds is 3. The molecule has 1 aromatic heterocycles. The third-order valence-corrected chi connectivity index (χ3v) is 3.59. The van der Waals surface area contributed by atoms with Crippen LogP contribution in [0.5, 0.6) is 11.6 Å². The minimum Gasteiger partial charge on any atom is -0.493 e. The van der Waals surface area contributed by atoms with Crippen LogP contribution in [-0.4, -0.2) is 18.7 Å². The Labute approximate surface area is 118 Å². The Hall–Kier alpha value is -2.23. The Kier molecular flexibility index (Phi) is 3.46. The highest BCUT2D eigenvalue weighted by Crippen LogP contribution is 2.37. The van der Waals surface area contributed by atoms with Crippen LogP contribution in [0.1, 0.15) is 18.5 Å². The zero-order chi connectivity index (χ0) is 13.9. The van der Waals surface area contributed by atoms with Gasteiger partial charge in [0.15, 0.2) is 0 Å². The van der Waals surface area contributed by atoms with Crippen molar-refractivity contribution in [1.29, 1.82) is 0 Å². The van der Waals surface area contributed by atoms with Gasteiger partial charge in [0.05, 0.1) is 31.6 Å². The van der Waals surface area contributed by atoms with Crippen LogP contribution in [0, 0.1) is 5.92 Å². The van der Waals surface area contributed by atoms with Crippen LogP contribution in [0.3, 0.4) is 0 Å². The Morgan fingerprint density at radius 2 is 2.10 bits per heavy atom. The van der Waals surface area contributed by atoms with Crippen LogP contribution in [0.2, 0.25) is 0 Å². The van der Waals surface area contributed by atoms with Gasteiger partial charge in [-0.05, 0) is 12.1 Å². The number of anilines is 1. The first-order chi connectivity index (χ1) is 9.78. The van der Waals surface area contributed by atoms with E-state index in [2.05, 4.69) is 23.3 Å². The van der Waals surface area contributed by atoms with Crippen molar-refractivity contribution in [2.75, 3.05) is 19.0 Å². The van der Waals surface area contributed by atoms with Gasteiger partial charge in [-0.15, -0.1) is 0 Å². The monoisotopic (exact) mass is 270 g/mol. The molecule has 104 valence electrons. The van der Waals surface area contributed by atoms with E-state index < -0.39 is 0 Å². The van der Waals surface area contributed by atoms with E-state index in [-0.39, 0.29) is 6.04 Å². The number of fused-ring (bicyclic) bond motifs is 1.